The van der Waals surface area contributed by atoms with Crippen LogP contribution in [0.1, 0.15) is 30.3 Å². The number of hydrogen-bond acceptors (Lipinski definition) is 5. The van der Waals surface area contributed by atoms with Gasteiger partial charge < -0.3 is 11.1 Å². The van der Waals surface area contributed by atoms with E-state index in [-0.39, 0.29) is 17.4 Å². The van der Waals surface area contributed by atoms with E-state index in [2.05, 4.69) is 20.3 Å². The van der Waals surface area contributed by atoms with Crippen molar-refractivity contribution >= 4 is 11.7 Å². The molecule has 0 saturated carbocycles. The molecule has 0 saturated heterocycles. The first-order valence-corrected chi connectivity index (χ1v) is 4.12. The minimum atomic E-state index is -0.341. The summed E-state index contributed by atoms with van der Waals surface area (Å²) in [6, 6.07) is 0. The summed E-state index contributed by atoms with van der Waals surface area (Å²) in [5.41, 5.74) is 5.37. The number of aromatic nitrogens is 2. The molecule has 6 nitrogen and oxygen atoms in total. The van der Waals surface area contributed by atoms with Crippen molar-refractivity contribution in [3.63, 3.8) is 0 Å². The van der Waals surface area contributed by atoms with Crippen LogP contribution in [-0.2, 0) is 0 Å². The highest BCUT2D eigenvalue weighted by molar-refractivity contribution is 5.95. The van der Waals surface area contributed by atoms with Gasteiger partial charge in [0.2, 0.25) is 11.5 Å². The number of amides is 1. The molecule has 6 heteroatoms. The Morgan fingerprint density at radius 2 is 2.38 bits per heavy atom. The monoisotopic (exact) mass is 184 g/mol. The summed E-state index contributed by atoms with van der Waals surface area (Å²) in [4.78, 5) is 11.2. The lowest BCUT2D eigenvalue weighted by atomic mass is 10.3. The first-order chi connectivity index (χ1) is 6.25. The molecule has 13 heavy (non-hydrogen) atoms. The number of anilines is 1. The molecule has 1 amide bonds. The third kappa shape index (κ3) is 2.43. The minimum absolute atomic E-state index is 0.0222. The van der Waals surface area contributed by atoms with Gasteiger partial charge in [-0.2, -0.15) is 0 Å². The summed E-state index contributed by atoms with van der Waals surface area (Å²) in [7, 11) is 0. The van der Waals surface area contributed by atoms with Gasteiger partial charge in [0, 0.05) is 6.54 Å². The first-order valence-electron chi connectivity index (χ1n) is 4.12. The predicted octanol–water partition coefficient (Wildman–Crippen LogP) is 0.182. The molecule has 1 aromatic heterocycles. The van der Waals surface area contributed by atoms with Gasteiger partial charge in [0.05, 0.1) is 0 Å². The van der Waals surface area contributed by atoms with Crippen LogP contribution in [0, 0.1) is 0 Å². The molecule has 0 radical (unpaired) electrons. The number of nitrogens with two attached hydrogens (primary N) is 1. The van der Waals surface area contributed by atoms with Crippen LogP contribution in [0.25, 0.3) is 0 Å². The van der Waals surface area contributed by atoms with Crippen LogP contribution in [0.15, 0.2) is 4.63 Å². The molecule has 0 aliphatic carbocycles. The lowest BCUT2D eigenvalue weighted by Gasteiger charge is -1.99. The third-order valence-electron chi connectivity index (χ3n) is 1.54. The average Bonchev–Trinajstić information content (AvgIpc) is 2.52. The van der Waals surface area contributed by atoms with E-state index >= 15 is 0 Å². The van der Waals surface area contributed by atoms with E-state index in [9.17, 15) is 4.79 Å². The summed E-state index contributed by atoms with van der Waals surface area (Å²) < 4.78 is 4.29. The topological polar surface area (TPSA) is 94.0 Å². The second-order valence-corrected chi connectivity index (χ2v) is 2.61. The van der Waals surface area contributed by atoms with Crippen molar-refractivity contribution in [2.75, 3.05) is 12.3 Å². The van der Waals surface area contributed by atoms with Gasteiger partial charge in [-0.3, -0.25) is 4.79 Å². The van der Waals surface area contributed by atoms with Crippen molar-refractivity contribution < 1.29 is 9.42 Å². The highest BCUT2D eigenvalue weighted by atomic mass is 16.6. The molecular weight excluding hydrogens is 172 g/mol. The Morgan fingerprint density at radius 3 is 2.92 bits per heavy atom. The van der Waals surface area contributed by atoms with Gasteiger partial charge in [0.15, 0.2) is 0 Å². The molecule has 3 N–H and O–H groups in total. The molecule has 0 unspecified atom stereocenters. The number of carbonyl (C=O) groups excluding carboxylic acids is 1. The van der Waals surface area contributed by atoms with E-state index < -0.39 is 0 Å². The molecule has 72 valence electrons. The van der Waals surface area contributed by atoms with Crippen LogP contribution in [0.4, 0.5) is 5.82 Å². The minimum Gasteiger partial charge on any atom is -0.379 e. The molecule has 1 heterocycles. The Labute approximate surface area is 75.4 Å². The van der Waals surface area contributed by atoms with Gasteiger partial charge >= 0.3 is 0 Å². The highest BCUT2D eigenvalue weighted by Gasteiger charge is 2.14. The summed E-state index contributed by atoms with van der Waals surface area (Å²) in [6.07, 6.45) is 1.95. The predicted molar refractivity (Wildman–Crippen MR) is 46.0 cm³/mol. The number of rotatable bonds is 4. The second-order valence-electron chi connectivity index (χ2n) is 2.61. The summed E-state index contributed by atoms with van der Waals surface area (Å²) in [5, 5.41) is 9.31. The van der Waals surface area contributed by atoms with Crippen molar-refractivity contribution in [1.82, 2.24) is 15.6 Å². The zero-order valence-electron chi connectivity index (χ0n) is 7.41. The molecule has 0 spiro atoms. The Hall–Kier alpha value is -1.59. The number of unbranched alkanes of at least 4 members (excludes halogenated alkanes) is 1. The van der Waals surface area contributed by atoms with E-state index in [1.807, 2.05) is 6.92 Å². The maximum Gasteiger partial charge on any atom is 0.277 e. The summed E-state index contributed by atoms with van der Waals surface area (Å²) >= 11 is 0. The molecular formula is C7H12N4O2. The fraction of sp³-hybridized carbons (Fsp3) is 0.571. The van der Waals surface area contributed by atoms with Gasteiger partial charge in [-0.1, -0.05) is 13.3 Å². The molecule has 0 aliphatic heterocycles. The van der Waals surface area contributed by atoms with Crippen molar-refractivity contribution in [1.29, 1.82) is 0 Å². The lowest BCUT2D eigenvalue weighted by Crippen LogP contribution is -2.25. The van der Waals surface area contributed by atoms with E-state index in [0.717, 1.165) is 12.8 Å². The van der Waals surface area contributed by atoms with Crippen LogP contribution >= 0.6 is 0 Å². The highest BCUT2D eigenvalue weighted by Crippen LogP contribution is 2.02. The van der Waals surface area contributed by atoms with Crippen molar-refractivity contribution in [2.24, 2.45) is 0 Å². The number of hydrogen-bond donors (Lipinski definition) is 2. The number of carbonyl (C=O) groups is 1. The van der Waals surface area contributed by atoms with Crippen LogP contribution in [0.2, 0.25) is 0 Å². The summed E-state index contributed by atoms with van der Waals surface area (Å²) in [5.74, 6) is -0.318. The zero-order valence-corrected chi connectivity index (χ0v) is 7.41. The van der Waals surface area contributed by atoms with Crippen LogP contribution in [-0.4, -0.2) is 22.8 Å². The Morgan fingerprint density at radius 1 is 1.62 bits per heavy atom. The molecule has 0 aromatic carbocycles. The smallest absolute Gasteiger partial charge is 0.277 e. The van der Waals surface area contributed by atoms with E-state index in [1.54, 1.807) is 0 Å². The Bertz CT molecular complexity index is 284. The zero-order chi connectivity index (χ0) is 9.68. The van der Waals surface area contributed by atoms with Crippen LogP contribution in [0.3, 0.4) is 0 Å². The largest absolute Gasteiger partial charge is 0.379 e. The first kappa shape index (κ1) is 9.50. The molecule has 1 rings (SSSR count). The fourth-order valence-corrected chi connectivity index (χ4v) is 0.815. The quantitative estimate of drug-likeness (QED) is 0.651. The van der Waals surface area contributed by atoms with Crippen LogP contribution < -0.4 is 11.1 Å². The van der Waals surface area contributed by atoms with Gasteiger partial charge in [0.25, 0.3) is 5.91 Å². The van der Waals surface area contributed by atoms with Crippen molar-refractivity contribution in [3.8, 4) is 0 Å². The van der Waals surface area contributed by atoms with Gasteiger partial charge in [0.1, 0.15) is 0 Å². The maximum atomic E-state index is 11.2. The fourth-order valence-electron chi connectivity index (χ4n) is 0.815. The van der Waals surface area contributed by atoms with Gasteiger partial charge in [-0.15, -0.1) is 0 Å². The standard InChI is InChI=1S/C7H12N4O2/c1-2-3-4-9-7(12)5-6(8)11-13-10-5/h2-4H2,1H3,(H2,8,11)(H,9,12). The maximum absolute atomic E-state index is 11.2. The summed E-state index contributed by atoms with van der Waals surface area (Å²) in [6.45, 7) is 2.65. The number of nitrogens with zero attached hydrogens (tertiary/aromatic N) is 2. The third-order valence-corrected chi connectivity index (χ3v) is 1.54. The Kier molecular flexibility index (Phi) is 3.24. The normalized spacial score (nSPS) is 9.92. The van der Waals surface area contributed by atoms with Gasteiger partial charge in [-0.25, -0.2) is 4.63 Å². The lowest BCUT2D eigenvalue weighted by molar-refractivity contribution is 0.0944. The molecule has 1 aromatic rings. The van der Waals surface area contributed by atoms with E-state index in [0.29, 0.717) is 6.54 Å². The molecule has 0 bridgehead atoms. The van der Waals surface area contributed by atoms with Crippen molar-refractivity contribution in [2.45, 2.75) is 19.8 Å². The van der Waals surface area contributed by atoms with E-state index in [1.165, 1.54) is 0 Å². The molecule has 0 fully saturated rings. The average molecular weight is 184 g/mol. The SMILES string of the molecule is CCCCNC(=O)c1nonc1N. The second kappa shape index (κ2) is 4.44. The van der Waals surface area contributed by atoms with Gasteiger partial charge in [-0.05, 0) is 16.7 Å². The van der Waals surface area contributed by atoms with Crippen molar-refractivity contribution in [3.05, 3.63) is 5.69 Å². The van der Waals surface area contributed by atoms with Crippen LogP contribution in [0.5, 0.6) is 0 Å². The number of nitrogen functional groups attached to an aromatic ring is 1. The Balaban J connectivity index is 2.45. The van der Waals surface area contributed by atoms with E-state index in [4.69, 9.17) is 5.73 Å². The number of nitrogens with one attached hydrogen (secondary N) is 1. The molecule has 0 aliphatic rings. The molecule has 0 atom stereocenters.